The number of aromatic nitrogens is 2. The van der Waals surface area contributed by atoms with E-state index in [2.05, 4.69) is 46.2 Å². The average molecular weight is 308 g/mol. The first kappa shape index (κ1) is 15.1. The average Bonchev–Trinajstić information content (AvgIpc) is 2.55. The van der Waals surface area contributed by atoms with Crippen molar-refractivity contribution in [1.82, 2.24) is 9.97 Å². The van der Waals surface area contributed by atoms with Crippen molar-refractivity contribution in [2.24, 2.45) is 0 Å². The molecule has 2 N–H and O–H groups in total. The molecule has 3 rings (SSSR count). The number of allylic oxidation sites excluding steroid dienone is 3. The summed E-state index contributed by atoms with van der Waals surface area (Å²) in [6, 6.07) is 6.13. The largest absolute Gasteiger partial charge is 0.486 e. The van der Waals surface area contributed by atoms with Crippen LogP contribution in [0, 0.1) is 6.92 Å². The number of aryl methyl sites for hydroxylation is 1. The van der Waals surface area contributed by atoms with Gasteiger partial charge in [-0.15, -0.1) is 0 Å². The molecule has 1 aliphatic rings. The molecule has 0 aliphatic carbocycles. The van der Waals surface area contributed by atoms with E-state index in [0.29, 0.717) is 18.3 Å². The fraction of sp³-hybridized carbons (Fsp3) is 0.222. The van der Waals surface area contributed by atoms with Crippen LogP contribution >= 0.6 is 0 Å². The second-order valence-corrected chi connectivity index (χ2v) is 5.36. The Morgan fingerprint density at radius 1 is 1.43 bits per heavy atom. The van der Waals surface area contributed by atoms with Crippen molar-refractivity contribution in [3.05, 3.63) is 54.3 Å². The number of hydrogen-bond acceptors (Lipinski definition) is 5. The molecule has 0 saturated carbocycles. The lowest BCUT2D eigenvalue weighted by molar-refractivity contribution is 0.320. The molecule has 0 saturated heterocycles. The van der Waals surface area contributed by atoms with E-state index in [4.69, 9.17) is 4.74 Å². The van der Waals surface area contributed by atoms with Gasteiger partial charge in [-0.2, -0.15) is 4.98 Å². The van der Waals surface area contributed by atoms with Gasteiger partial charge in [0.15, 0.2) is 11.6 Å². The molecule has 2 aromatic rings. The molecule has 1 aromatic carbocycles. The van der Waals surface area contributed by atoms with E-state index < -0.39 is 0 Å². The molecule has 1 aliphatic heterocycles. The first-order valence-corrected chi connectivity index (χ1v) is 7.60. The van der Waals surface area contributed by atoms with Gasteiger partial charge in [0, 0.05) is 5.69 Å². The number of hydrogen-bond donors (Lipinski definition) is 2. The van der Waals surface area contributed by atoms with Crippen molar-refractivity contribution in [2.75, 3.05) is 23.8 Å². The molecule has 0 fully saturated rings. The fourth-order valence-corrected chi connectivity index (χ4v) is 2.52. The van der Waals surface area contributed by atoms with Crippen molar-refractivity contribution in [2.45, 2.75) is 13.8 Å². The van der Waals surface area contributed by atoms with Crippen LogP contribution in [0.2, 0.25) is 0 Å². The third-order valence-electron chi connectivity index (χ3n) is 3.60. The van der Waals surface area contributed by atoms with Crippen LogP contribution in [0.15, 0.2) is 43.1 Å². The van der Waals surface area contributed by atoms with E-state index in [0.717, 1.165) is 34.8 Å². The number of benzene rings is 1. The maximum Gasteiger partial charge on any atom is 0.229 e. The maximum absolute atomic E-state index is 5.48. The maximum atomic E-state index is 5.48. The van der Waals surface area contributed by atoms with Crippen molar-refractivity contribution in [3.63, 3.8) is 0 Å². The normalized spacial score (nSPS) is 13.1. The van der Waals surface area contributed by atoms with Crippen LogP contribution in [0.25, 0.3) is 5.57 Å². The second-order valence-electron chi connectivity index (χ2n) is 5.36. The van der Waals surface area contributed by atoms with Gasteiger partial charge in [-0.1, -0.05) is 24.8 Å². The Kier molecular flexibility index (Phi) is 4.28. The van der Waals surface area contributed by atoms with Gasteiger partial charge in [0.2, 0.25) is 5.95 Å². The molecule has 0 spiro atoms. The Morgan fingerprint density at radius 2 is 2.30 bits per heavy atom. The van der Waals surface area contributed by atoms with Gasteiger partial charge in [0.1, 0.15) is 6.61 Å². The van der Waals surface area contributed by atoms with Crippen molar-refractivity contribution in [3.8, 4) is 5.75 Å². The number of nitrogens with zero attached hydrogens (tertiary/aromatic N) is 2. The Balaban J connectivity index is 1.80. The summed E-state index contributed by atoms with van der Waals surface area (Å²) >= 11 is 0. The summed E-state index contributed by atoms with van der Waals surface area (Å²) in [5, 5.41) is 6.43. The van der Waals surface area contributed by atoms with Crippen LogP contribution in [0.4, 0.5) is 17.5 Å². The Bertz CT molecular complexity index is 768. The van der Waals surface area contributed by atoms with Gasteiger partial charge in [0.25, 0.3) is 0 Å². The van der Waals surface area contributed by atoms with Crippen LogP contribution in [-0.4, -0.2) is 23.1 Å². The van der Waals surface area contributed by atoms with E-state index >= 15 is 0 Å². The summed E-state index contributed by atoms with van der Waals surface area (Å²) in [4.78, 5) is 8.73. The fourth-order valence-electron chi connectivity index (χ4n) is 2.52. The van der Waals surface area contributed by atoms with E-state index in [1.54, 1.807) is 6.20 Å². The van der Waals surface area contributed by atoms with Crippen LogP contribution in [0.1, 0.15) is 18.1 Å². The minimum atomic E-state index is 0.543. The quantitative estimate of drug-likeness (QED) is 0.838. The van der Waals surface area contributed by atoms with Gasteiger partial charge < -0.3 is 15.4 Å². The molecule has 0 atom stereocenters. The minimum Gasteiger partial charge on any atom is -0.486 e. The van der Waals surface area contributed by atoms with Gasteiger partial charge in [-0.05, 0) is 42.7 Å². The zero-order valence-corrected chi connectivity index (χ0v) is 13.4. The van der Waals surface area contributed by atoms with E-state index in [9.17, 15) is 0 Å². The van der Waals surface area contributed by atoms with Gasteiger partial charge in [-0.3, -0.25) is 0 Å². The number of ether oxygens (including phenoxy) is 1. The monoisotopic (exact) mass is 308 g/mol. The summed E-state index contributed by atoms with van der Waals surface area (Å²) in [5.74, 6) is 1.96. The zero-order valence-electron chi connectivity index (χ0n) is 13.4. The minimum absolute atomic E-state index is 0.543. The lowest BCUT2D eigenvalue weighted by Gasteiger charge is -2.18. The van der Waals surface area contributed by atoms with Crippen LogP contribution < -0.4 is 15.4 Å². The third kappa shape index (κ3) is 3.34. The zero-order chi connectivity index (χ0) is 16.2. The number of rotatable bonds is 4. The molecule has 0 unspecified atom stereocenters. The molecule has 1 aromatic heterocycles. The highest BCUT2D eigenvalue weighted by molar-refractivity contribution is 5.75. The smallest absolute Gasteiger partial charge is 0.229 e. The molecule has 0 amide bonds. The van der Waals surface area contributed by atoms with E-state index in [-0.39, 0.29) is 0 Å². The summed E-state index contributed by atoms with van der Waals surface area (Å²) < 4.78 is 5.48. The van der Waals surface area contributed by atoms with E-state index in [1.807, 2.05) is 25.1 Å². The number of nitrogens with one attached hydrogen (secondary N) is 2. The first-order valence-electron chi connectivity index (χ1n) is 7.60. The second kappa shape index (κ2) is 6.52. The summed E-state index contributed by atoms with van der Waals surface area (Å²) in [7, 11) is 0. The van der Waals surface area contributed by atoms with Crippen molar-refractivity contribution in [1.29, 1.82) is 0 Å². The molecular weight excluding hydrogens is 288 g/mol. The molecule has 5 heteroatoms. The SMILES string of the molecule is C=C(/C=C\C)c1ccc(Nc2ncc3c(n2)NCCO3)cc1C. The molecule has 2 heterocycles. The molecule has 5 nitrogen and oxygen atoms in total. The third-order valence-corrected chi connectivity index (χ3v) is 3.60. The van der Waals surface area contributed by atoms with Crippen molar-refractivity contribution >= 4 is 23.0 Å². The summed E-state index contributed by atoms with van der Waals surface area (Å²) in [6.07, 6.45) is 5.68. The standard InChI is InChI=1S/C18H20N4O/c1-4-5-12(2)15-7-6-14(10-13(15)3)21-18-20-11-16-17(22-18)19-8-9-23-16/h4-7,10-11H,2,8-9H2,1,3H3,(H2,19,20,21,22)/b5-4-. The molecular formula is C18H20N4O. The van der Waals surface area contributed by atoms with Gasteiger partial charge in [-0.25, -0.2) is 4.98 Å². The predicted octanol–water partition coefficient (Wildman–Crippen LogP) is 3.92. The molecule has 0 bridgehead atoms. The van der Waals surface area contributed by atoms with Gasteiger partial charge >= 0.3 is 0 Å². The Hall–Kier alpha value is -2.82. The number of anilines is 3. The topological polar surface area (TPSA) is 59.1 Å². The van der Waals surface area contributed by atoms with Crippen LogP contribution in [0.5, 0.6) is 5.75 Å². The predicted molar refractivity (Wildman–Crippen MR) is 94.3 cm³/mol. The highest BCUT2D eigenvalue weighted by atomic mass is 16.5. The van der Waals surface area contributed by atoms with Crippen LogP contribution in [-0.2, 0) is 0 Å². The summed E-state index contributed by atoms with van der Waals surface area (Å²) in [6.45, 7) is 9.53. The van der Waals surface area contributed by atoms with E-state index in [1.165, 1.54) is 0 Å². The molecule has 0 radical (unpaired) electrons. The number of fused-ring (bicyclic) bond motifs is 1. The molecule has 23 heavy (non-hydrogen) atoms. The summed E-state index contributed by atoms with van der Waals surface area (Å²) in [5.41, 5.74) is 4.23. The lowest BCUT2D eigenvalue weighted by Crippen LogP contribution is -2.19. The lowest BCUT2D eigenvalue weighted by atomic mass is 10.0. The first-order chi connectivity index (χ1) is 11.2. The van der Waals surface area contributed by atoms with Crippen molar-refractivity contribution < 1.29 is 4.74 Å². The highest BCUT2D eigenvalue weighted by Gasteiger charge is 2.12. The van der Waals surface area contributed by atoms with Gasteiger partial charge in [0.05, 0.1) is 12.7 Å². The Morgan fingerprint density at radius 3 is 3.09 bits per heavy atom. The van der Waals surface area contributed by atoms with Crippen LogP contribution in [0.3, 0.4) is 0 Å². The Labute approximate surface area is 136 Å². The highest BCUT2D eigenvalue weighted by Crippen LogP contribution is 2.27. The molecule has 118 valence electrons.